The predicted molar refractivity (Wildman–Crippen MR) is 118 cm³/mol. The molecule has 1 heterocycles. The number of halogens is 1. The van der Waals surface area contributed by atoms with E-state index in [0.29, 0.717) is 25.2 Å². The highest BCUT2D eigenvalue weighted by molar-refractivity contribution is 6.32. The van der Waals surface area contributed by atoms with Gasteiger partial charge in [-0.3, -0.25) is 4.79 Å². The monoisotopic (exact) mass is 441 g/mol. The Kier molecular flexibility index (Phi) is 7.67. The lowest BCUT2D eigenvalue weighted by atomic mass is 10.1. The molecule has 3 rings (SSSR count). The largest absolute Gasteiger partial charge is 0.497 e. The third kappa shape index (κ3) is 6.08. The number of aromatic nitrogens is 2. The number of rotatable bonds is 9. The van der Waals surface area contributed by atoms with E-state index in [-0.39, 0.29) is 23.2 Å². The molecule has 0 saturated carbocycles. The topological polar surface area (TPSA) is 82.4 Å². The molecule has 1 amide bonds. The van der Waals surface area contributed by atoms with Gasteiger partial charge in [0.2, 0.25) is 0 Å². The fraction of sp³-hybridized carbons (Fsp3) is 0.261. The fourth-order valence-electron chi connectivity index (χ4n) is 3.04. The molecule has 0 fully saturated rings. The summed E-state index contributed by atoms with van der Waals surface area (Å²) in [6.07, 6.45) is 0.654. The van der Waals surface area contributed by atoms with Gasteiger partial charge in [0.05, 0.1) is 19.3 Å². The second-order valence-electron chi connectivity index (χ2n) is 6.92. The number of esters is 1. The average molecular weight is 442 g/mol. The number of carbonyl (C=O) groups is 2. The maximum Gasteiger partial charge on any atom is 0.343 e. The Morgan fingerprint density at radius 3 is 2.45 bits per heavy atom. The first kappa shape index (κ1) is 22.4. The quantitative estimate of drug-likeness (QED) is 0.514. The van der Waals surface area contributed by atoms with E-state index >= 15 is 0 Å². The second kappa shape index (κ2) is 10.6. The van der Waals surface area contributed by atoms with Gasteiger partial charge in [-0.05, 0) is 36.6 Å². The van der Waals surface area contributed by atoms with Gasteiger partial charge >= 0.3 is 5.97 Å². The number of nitrogens with one attached hydrogen (secondary N) is 1. The molecule has 0 spiro atoms. The normalized spacial score (nSPS) is 10.5. The van der Waals surface area contributed by atoms with Crippen LogP contribution in [-0.4, -0.2) is 41.9 Å². The number of nitrogens with zero attached hydrogens (tertiary/aromatic N) is 2. The van der Waals surface area contributed by atoms with Gasteiger partial charge in [0.15, 0.2) is 6.61 Å². The molecule has 0 aliphatic rings. The molecule has 0 unspecified atom stereocenters. The van der Waals surface area contributed by atoms with Crippen molar-refractivity contribution in [1.82, 2.24) is 15.1 Å². The summed E-state index contributed by atoms with van der Waals surface area (Å²) in [6.45, 7) is 2.15. The molecule has 0 atom stereocenters. The van der Waals surface area contributed by atoms with Gasteiger partial charge in [0, 0.05) is 6.54 Å². The number of hydrogen-bond acceptors (Lipinski definition) is 5. The van der Waals surface area contributed by atoms with Crippen LogP contribution in [0.4, 0.5) is 0 Å². The Balaban J connectivity index is 1.49. The van der Waals surface area contributed by atoms with Crippen LogP contribution >= 0.6 is 11.6 Å². The SMILES string of the molecule is COc1ccc(CCNC(=O)COC(=O)c2c(C)nn(Cc3ccccc3)c2Cl)cc1. The smallest absolute Gasteiger partial charge is 0.343 e. The van der Waals surface area contributed by atoms with Crippen molar-refractivity contribution in [1.29, 1.82) is 0 Å². The minimum atomic E-state index is -0.674. The molecular formula is C23H24ClN3O4. The number of benzene rings is 2. The summed E-state index contributed by atoms with van der Waals surface area (Å²) in [5.41, 5.74) is 2.68. The van der Waals surface area contributed by atoms with Crippen molar-refractivity contribution in [2.24, 2.45) is 0 Å². The van der Waals surface area contributed by atoms with Crippen LogP contribution in [0.3, 0.4) is 0 Å². The van der Waals surface area contributed by atoms with E-state index in [1.807, 2.05) is 54.6 Å². The van der Waals surface area contributed by atoms with E-state index < -0.39 is 5.97 Å². The Morgan fingerprint density at radius 1 is 1.06 bits per heavy atom. The van der Waals surface area contributed by atoms with Crippen LogP contribution in [0.1, 0.15) is 27.2 Å². The van der Waals surface area contributed by atoms with Crippen molar-refractivity contribution in [2.45, 2.75) is 19.9 Å². The minimum absolute atomic E-state index is 0.170. The van der Waals surface area contributed by atoms with Crippen LogP contribution in [0.2, 0.25) is 5.15 Å². The van der Waals surface area contributed by atoms with E-state index in [1.54, 1.807) is 14.0 Å². The first-order valence-electron chi connectivity index (χ1n) is 9.81. The zero-order valence-electron chi connectivity index (χ0n) is 17.4. The highest BCUT2D eigenvalue weighted by Gasteiger charge is 2.22. The first-order chi connectivity index (χ1) is 15.0. The molecule has 162 valence electrons. The van der Waals surface area contributed by atoms with Gasteiger partial charge in [-0.15, -0.1) is 0 Å². The van der Waals surface area contributed by atoms with Crippen molar-refractivity contribution in [3.8, 4) is 5.75 Å². The third-order valence-electron chi connectivity index (χ3n) is 4.67. The summed E-state index contributed by atoms with van der Waals surface area (Å²) in [5, 5.41) is 7.24. The molecule has 7 nitrogen and oxygen atoms in total. The number of methoxy groups -OCH3 is 1. The van der Waals surface area contributed by atoms with E-state index in [0.717, 1.165) is 16.9 Å². The first-order valence-corrected chi connectivity index (χ1v) is 10.2. The predicted octanol–water partition coefficient (Wildman–Crippen LogP) is 3.42. The van der Waals surface area contributed by atoms with Crippen molar-refractivity contribution in [2.75, 3.05) is 20.3 Å². The van der Waals surface area contributed by atoms with Crippen molar-refractivity contribution in [3.05, 3.63) is 82.1 Å². The Hall–Kier alpha value is -3.32. The second-order valence-corrected chi connectivity index (χ2v) is 7.28. The minimum Gasteiger partial charge on any atom is -0.497 e. The van der Waals surface area contributed by atoms with Crippen molar-refractivity contribution >= 4 is 23.5 Å². The van der Waals surface area contributed by atoms with Crippen LogP contribution < -0.4 is 10.1 Å². The zero-order valence-corrected chi connectivity index (χ0v) is 18.2. The van der Waals surface area contributed by atoms with E-state index in [9.17, 15) is 9.59 Å². The molecule has 8 heteroatoms. The van der Waals surface area contributed by atoms with Crippen molar-refractivity contribution < 1.29 is 19.1 Å². The van der Waals surface area contributed by atoms with Gasteiger partial charge in [-0.2, -0.15) is 5.10 Å². The Bertz CT molecular complexity index is 1030. The molecule has 0 radical (unpaired) electrons. The van der Waals surface area contributed by atoms with Crippen LogP contribution in [0.15, 0.2) is 54.6 Å². The molecule has 1 aromatic heterocycles. The van der Waals surface area contributed by atoms with Gasteiger partial charge < -0.3 is 14.8 Å². The summed E-state index contributed by atoms with van der Waals surface area (Å²) in [5.74, 6) is -0.278. The number of ether oxygens (including phenoxy) is 2. The number of carbonyl (C=O) groups excluding carboxylic acids is 2. The number of hydrogen-bond donors (Lipinski definition) is 1. The third-order valence-corrected chi connectivity index (χ3v) is 5.06. The molecule has 0 saturated heterocycles. The summed E-state index contributed by atoms with van der Waals surface area (Å²) >= 11 is 6.35. The molecule has 31 heavy (non-hydrogen) atoms. The molecule has 0 bridgehead atoms. The van der Waals surface area contributed by atoms with Crippen molar-refractivity contribution in [3.63, 3.8) is 0 Å². The molecule has 2 aromatic carbocycles. The number of aryl methyl sites for hydroxylation is 1. The summed E-state index contributed by atoms with van der Waals surface area (Å²) < 4.78 is 11.8. The fourth-order valence-corrected chi connectivity index (χ4v) is 3.35. The molecule has 0 aliphatic carbocycles. The maximum atomic E-state index is 12.5. The summed E-state index contributed by atoms with van der Waals surface area (Å²) in [7, 11) is 1.61. The lowest BCUT2D eigenvalue weighted by molar-refractivity contribution is -0.124. The molecule has 0 aliphatic heterocycles. The molecule has 1 N–H and O–H groups in total. The van der Waals surface area contributed by atoms with Crippen LogP contribution in [0.5, 0.6) is 5.75 Å². The average Bonchev–Trinajstić information content (AvgIpc) is 3.06. The van der Waals surface area contributed by atoms with Gasteiger partial charge in [-0.25, -0.2) is 9.48 Å². The van der Waals surface area contributed by atoms with E-state index in [4.69, 9.17) is 21.1 Å². The summed E-state index contributed by atoms with van der Waals surface area (Å²) in [4.78, 5) is 24.5. The van der Waals surface area contributed by atoms with Crippen LogP contribution in [-0.2, 0) is 22.5 Å². The van der Waals surface area contributed by atoms with Gasteiger partial charge in [-0.1, -0.05) is 54.1 Å². The van der Waals surface area contributed by atoms with Gasteiger partial charge in [0.25, 0.3) is 5.91 Å². The standard InChI is InChI=1S/C23H24ClN3O4/c1-16-21(22(24)27(26-16)14-18-6-4-3-5-7-18)23(29)31-15-20(28)25-13-12-17-8-10-19(30-2)11-9-17/h3-11H,12-15H2,1-2H3,(H,25,28). The highest BCUT2D eigenvalue weighted by Crippen LogP contribution is 2.22. The highest BCUT2D eigenvalue weighted by atomic mass is 35.5. The van der Waals surface area contributed by atoms with Gasteiger partial charge in [0.1, 0.15) is 16.5 Å². The Morgan fingerprint density at radius 2 is 1.77 bits per heavy atom. The lowest BCUT2D eigenvalue weighted by Crippen LogP contribution is -2.30. The van der Waals surface area contributed by atoms with Crippen LogP contribution in [0.25, 0.3) is 0 Å². The maximum absolute atomic E-state index is 12.5. The zero-order chi connectivity index (χ0) is 22.2. The number of amides is 1. The van der Waals surface area contributed by atoms with E-state index in [2.05, 4.69) is 10.4 Å². The molecular weight excluding hydrogens is 418 g/mol. The van der Waals surface area contributed by atoms with Crippen LogP contribution in [0, 0.1) is 6.92 Å². The summed E-state index contributed by atoms with van der Waals surface area (Å²) in [6, 6.07) is 17.2. The lowest BCUT2D eigenvalue weighted by Gasteiger charge is -2.07. The van der Waals surface area contributed by atoms with E-state index in [1.165, 1.54) is 4.68 Å². The molecule has 3 aromatic rings. The Labute approximate surface area is 185 Å².